The highest BCUT2D eigenvalue weighted by Crippen LogP contribution is 2.10. The normalized spacial score (nSPS) is 14.1. The van der Waals surface area contributed by atoms with Crippen molar-refractivity contribution in [2.45, 2.75) is 32.1 Å². The Hall–Kier alpha value is -1.21. The molecule has 2 atom stereocenters. The van der Waals surface area contributed by atoms with E-state index in [9.17, 15) is 4.21 Å². The molecular weight excluding hydrogens is 264 g/mol. The van der Waals surface area contributed by atoms with Crippen LogP contribution in [-0.2, 0) is 22.1 Å². The lowest BCUT2D eigenvalue weighted by Crippen LogP contribution is -2.16. The van der Waals surface area contributed by atoms with E-state index in [1.165, 1.54) is 0 Å². The summed E-state index contributed by atoms with van der Waals surface area (Å²) in [5.41, 5.74) is 5.72. The Morgan fingerprint density at radius 1 is 1.53 bits per heavy atom. The maximum Gasteiger partial charge on any atom is 0.158 e. The summed E-state index contributed by atoms with van der Waals surface area (Å²) in [7, 11) is -0.799. The molecular formula is C12H22N4O2S. The number of aromatic nitrogens is 2. The summed E-state index contributed by atoms with van der Waals surface area (Å²) < 4.78 is 16.5. The van der Waals surface area contributed by atoms with Gasteiger partial charge in [-0.25, -0.2) is 9.97 Å². The summed E-state index contributed by atoms with van der Waals surface area (Å²) in [5.74, 6) is 1.66. The van der Waals surface area contributed by atoms with Gasteiger partial charge >= 0.3 is 0 Å². The molecule has 0 aliphatic carbocycles. The first kappa shape index (κ1) is 15.8. The van der Waals surface area contributed by atoms with Crippen molar-refractivity contribution in [1.82, 2.24) is 9.97 Å². The molecule has 0 spiro atoms. The van der Waals surface area contributed by atoms with Crippen molar-refractivity contribution >= 4 is 22.4 Å². The van der Waals surface area contributed by atoms with Gasteiger partial charge in [-0.05, 0) is 13.3 Å². The maximum absolute atomic E-state index is 11.2. The third-order valence-electron chi connectivity index (χ3n) is 2.65. The summed E-state index contributed by atoms with van der Waals surface area (Å²) >= 11 is 0. The lowest BCUT2D eigenvalue weighted by atomic mass is 10.3. The first-order valence-electron chi connectivity index (χ1n) is 6.30. The van der Waals surface area contributed by atoms with Crippen molar-refractivity contribution in [1.29, 1.82) is 0 Å². The van der Waals surface area contributed by atoms with Crippen LogP contribution in [0.3, 0.4) is 0 Å². The van der Waals surface area contributed by atoms with Crippen LogP contribution in [0.4, 0.5) is 11.6 Å². The second-order valence-corrected chi connectivity index (χ2v) is 6.06. The fraction of sp³-hybridized carbons (Fsp3) is 0.667. The minimum atomic E-state index is -0.799. The number of nitrogens with zero attached hydrogens (tertiary/aromatic N) is 2. The lowest BCUT2D eigenvalue weighted by Gasteiger charge is -2.11. The van der Waals surface area contributed by atoms with E-state index in [1.807, 2.05) is 13.8 Å². The van der Waals surface area contributed by atoms with E-state index < -0.39 is 10.8 Å². The molecule has 0 saturated heterocycles. The van der Waals surface area contributed by atoms with E-state index in [0.29, 0.717) is 37.2 Å². The molecule has 0 aliphatic heterocycles. The van der Waals surface area contributed by atoms with Crippen LogP contribution in [0.25, 0.3) is 0 Å². The van der Waals surface area contributed by atoms with Crippen LogP contribution in [0.15, 0.2) is 6.07 Å². The molecule has 19 heavy (non-hydrogen) atoms. The van der Waals surface area contributed by atoms with Crippen molar-refractivity contribution in [3.05, 3.63) is 11.9 Å². The van der Waals surface area contributed by atoms with Crippen LogP contribution in [0.1, 0.15) is 26.1 Å². The molecule has 6 nitrogen and oxygen atoms in total. The molecule has 1 aromatic heterocycles. The molecule has 0 amide bonds. The van der Waals surface area contributed by atoms with Crippen molar-refractivity contribution in [2.75, 3.05) is 30.5 Å². The molecule has 3 N–H and O–H groups in total. The highest BCUT2D eigenvalue weighted by atomic mass is 32.2. The predicted octanol–water partition coefficient (Wildman–Crippen LogP) is 1.16. The molecule has 1 rings (SSSR count). The van der Waals surface area contributed by atoms with Gasteiger partial charge in [-0.3, -0.25) is 4.21 Å². The molecule has 2 unspecified atom stereocenters. The van der Waals surface area contributed by atoms with Crippen molar-refractivity contribution in [3.8, 4) is 0 Å². The van der Waals surface area contributed by atoms with E-state index in [-0.39, 0.29) is 5.25 Å². The summed E-state index contributed by atoms with van der Waals surface area (Å²) in [4.78, 5) is 8.41. The fourth-order valence-electron chi connectivity index (χ4n) is 1.44. The van der Waals surface area contributed by atoms with Crippen LogP contribution in [0.5, 0.6) is 0 Å². The molecule has 0 aliphatic rings. The SMILES string of the molecule is CCOCc1nc(N)cc(NCCC(C)S(C)=O)n1. The molecule has 0 aromatic carbocycles. The highest BCUT2D eigenvalue weighted by Gasteiger charge is 2.07. The average Bonchev–Trinajstić information content (AvgIpc) is 2.35. The van der Waals surface area contributed by atoms with Gasteiger partial charge in [0.25, 0.3) is 0 Å². The third-order valence-corrected chi connectivity index (χ3v) is 4.02. The summed E-state index contributed by atoms with van der Waals surface area (Å²) in [6.45, 7) is 5.54. The number of nitrogen functional groups attached to an aromatic ring is 1. The van der Waals surface area contributed by atoms with Crippen molar-refractivity contribution < 1.29 is 8.95 Å². The quantitative estimate of drug-likeness (QED) is 0.745. The van der Waals surface area contributed by atoms with Gasteiger partial charge < -0.3 is 15.8 Å². The van der Waals surface area contributed by atoms with E-state index in [0.717, 1.165) is 6.42 Å². The molecule has 0 radical (unpaired) electrons. The topological polar surface area (TPSA) is 90.1 Å². The molecule has 1 aromatic rings. The van der Waals surface area contributed by atoms with Crippen LogP contribution >= 0.6 is 0 Å². The van der Waals surface area contributed by atoms with Gasteiger partial charge in [0.2, 0.25) is 0 Å². The zero-order valence-electron chi connectivity index (χ0n) is 11.7. The molecule has 108 valence electrons. The zero-order chi connectivity index (χ0) is 14.3. The number of hydrogen-bond acceptors (Lipinski definition) is 6. The van der Waals surface area contributed by atoms with Gasteiger partial charge in [0, 0.05) is 41.5 Å². The lowest BCUT2D eigenvalue weighted by molar-refractivity contribution is 0.128. The third kappa shape index (κ3) is 5.98. The highest BCUT2D eigenvalue weighted by molar-refractivity contribution is 7.84. The first-order valence-corrected chi connectivity index (χ1v) is 7.92. The Morgan fingerprint density at radius 3 is 2.89 bits per heavy atom. The smallest absolute Gasteiger partial charge is 0.158 e. The Balaban J connectivity index is 2.53. The van der Waals surface area contributed by atoms with Crippen LogP contribution in [-0.4, -0.2) is 38.8 Å². The van der Waals surface area contributed by atoms with Gasteiger partial charge in [-0.15, -0.1) is 0 Å². The zero-order valence-corrected chi connectivity index (χ0v) is 12.5. The molecule has 0 saturated carbocycles. The largest absolute Gasteiger partial charge is 0.384 e. The van der Waals surface area contributed by atoms with Gasteiger partial charge in [0.05, 0.1) is 0 Å². The van der Waals surface area contributed by atoms with Crippen LogP contribution in [0, 0.1) is 0 Å². The first-order chi connectivity index (χ1) is 9.02. The Labute approximate surface area is 116 Å². The summed E-state index contributed by atoms with van der Waals surface area (Å²) in [6.07, 6.45) is 2.53. The van der Waals surface area contributed by atoms with Crippen LogP contribution < -0.4 is 11.1 Å². The standard InChI is InChI=1S/C12H22N4O2S/c1-4-18-8-12-15-10(13)7-11(16-12)14-6-5-9(2)19(3)17/h7,9H,4-6,8H2,1-3H3,(H3,13,14,15,16). The number of anilines is 2. The molecule has 0 bridgehead atoms. The van der Waals surface area contributed by atoms with E-state index in [4.69, 9.17) is 10.5 Å². The Kier molecular flexibility index (Phi) is 6.72. The van der Waals surface area contributed by atoms with Gasteiger partial charge in [0.15, 0.2) is 5.82 Å². The molecule has 7 heteroatoms. The predicted molar refractivity (Wildman–Crippen MR) is 78.4 cm³/mol. The number of nitrogens with two attached hydrogens (primary N) is 1. The van der Waals surface area contributed by atoms with Crippen molar-refractivity contribution in [3.63, 3.8) is 0 Å². The monoisotopic (exact) mass is 286 g/mol. The van der Waals surface area contributed by atoms with Gasteiger partial charge in [-0.2, -0.15) is 0 Å². The van der Waals surface area contributed by atoms with Gasteiger partial charge in [0.1, 0.15) is 18.2 Å². The summed E-state index contributed by atoms with van der Waals surface area (Å²) in [6, 6.07) is 1.68. The van der Waals surface area contributed by atoms with Crippen molar-refractivity contribution in [2.24, 2.45) is 0 Å². The molecule has 1 heterocycles. The second-order valence-electron chi connectivity index (χ2n) is 4.26. The minimum absolute atomic E-state index is 0.162. The summed E-state index contributed by atoms with van der Waals surface area (Å²) in [5, 5.41) is 3.33. The van der Waals surface area contributed by atoms with Crippen LogP contribution in [0.2, 0.25) is 0 Å². The minimum Gasteiger partial charge on any atom is -0.384 e. The Bertz CT molecular complexity index is 428. The van der Waals surface area contributed by atoms with E-state index in [1.54, 1.807) is 12.3 Å². The Morgan fingerprint density at radius 2 is 2.26 bits per heavy atom. The molecule has 0 fully saturated rings. The van der Waals surface area contributed by atoms with E-state index >= 15 is 0 Å². The number of hydrogen-bond donors (Lipinski definition) is 2. The fourth-order valence-corrected chi connectivity index (χ4v) is 1.89. The maximum atomic E-state index is 11.2. The number of ether oxygens (including phenoxy) is 1. The average molecular weight is 286 g/mol. The number of rotatable bonds is 8. The van der Waals surface area contributed by atoms with Gasteiger partial charge in [-0.1, -0.05) is 6.92 Å². The van der Waals surface area contributed by atoms with E-state index in [2.05, 4.69) is 15.3 Å². The second kappa shape index (κ2) is 8.06. The number of nitrogens with one attached hydrogen (secondary N) is 1.